The van der Waals surface area contributed by atoms with Gasteiger partial charge in [-0.25, -0.2) is 14.4 Å². The fraction of sp³-hybridized carbons (Fsp3) is 0.269. The average Bonchev–Trinajstić information content (AvgIpc) is 3.52. The van der Waals surface area contributed by atoms with Crippen LogP contribution in [0.15, 0.2) is 48.4 Å². The Morgan fingerprint density at radius 1 is 1.16 bits per heavy atom. The highest BCUT2D eigenvalue weighted by Gasteiger charge is 2.25. The lowest BCUT2D eigenvalue weighted by Crippen LogP contribution is -2.54. The molecule has 1 saturated heterocycles. The van der Waals surface area contributed by atoms with Crippen LogP contribution in [0.25, 0.3) is 32.5 Å². The molecular weight excluding hydrogens is 491 g/mol. The second kappa shape index (κ2) is 9.16. The SMILES string of the molecule is C[C@H]1CN(c2ccc(C(=O)Nc3cc(F)c4nn(C)cc4c3)c3nc(-c4cncs4)ncc23)C[C@H](C)N1. The summed E-state index contributed by atoms with van der Waals surface area (Å²) in [4.78, 5) is 30.2. The highest BCUT2D eigenvalue weighted by atomic mass is 32.1. The molecule has 1 amide bonds. The molecule has 11 heteroatoms. The number of fused-ring (bicyclic) bond motifs is 2. The number of thiazole rings is 1. The van der Waals surface area contributed by atoms with Crippen LogP contribution in [0.5, 0.6) is 0 Å². The molecule has 0 saturated carbocycles. The molecular formula is C26H25FN8OS. The molecule has 0 radical (unpaired) electrons. The van der Waals surface area contributed by atoms with Crippen LogP contribution in [0.3, 0.4) is 0 Å². The van der Waals surface area contributed by atoms with Crippen molar-refractivity contribution in [1.29, 1.82) is 0 Å². The van der Waals surface area contributed by atoms with Crippen LogP contribution in [0.4, 0.5) is 15.8 Å². The molecule has 188 valence electrons. The van der Waals surface area contributed by atoms with Crippen LogP contribution in [-0.4, -0.2) is 55.8 Å². The fourth-order valence-electron chi connectivity index (χ4n) is 5.02. The summed E-state index contributed by atoms with van der Waals surface area (Å²) in [5.74, 6) is -0.369. The first kappa shape index (κ1) is 23.4. The lowest BCUT2D eigenvalue weighted by Gasteiger charge is -2.38. The number of aryl methyl sites for hydroxylation is 1. The Morgan fingerprint density at radius 2 is 1.97 bits per heavy atom. The molecule has 0 unspecified atom stereocenters. The number of amides is 1. The highest BCUT2D eigenvalue weighted by molar-refractivity contribution is 7.13. The number of benzene rings is 2. The van der Waals surface area contributed by atoms with Gasteiger partial charge in [-0.15, -0.1) is 11.3 Å². The van der Waals surface area contributed by atoms with Gasteiger partial charge < -0.3 is 15.5 Å². The Bertz CT molecular complexity index is 1620. The first-order chi connectivity index (χ1) is 17.9. The maximum atomic E-state index is 14.6. The molecule has 2 atom stereocenters. The number of carbonyl (C=O) groups is 1. The molecule has 0 spiro atoms. The number of anilines is 2. The second-order valence-electron chi connectivity index (χ2n) is 9.48. The topological polar surface area (TPSA) is 101 Å². The fourth-order valence-corrected chi connectivity index (χ4v) is 5.58. The largest absolute Gasteiger partial charge is 0.368 e. The normalized spacial score (nSPS) is 18.0. The number of hydrogen-bond acceptors (Lipinski definition) is 8. The first-order valence-corrected chi connectivity index (χ1v) is 12.9. The van der Waals surface area contributed by atoms with E-state index >= 15 is 0 Å². The van der Waals surface area contributed by atoms with E-state index in [0.717, 1.165) is 29.0 Å². The maximum absolute atomic E-state index is 14.6. The maximum Gasteiger partial charge on any atom is 0.257 e. The van der Waals surface area contributed by atoms with Crippen LogP contribution >= 0.6 is 11.3 Å². The quantitative estimate of drug-likeness (QED) is 0.369. The summed E-state index contributed by atoms with van der Waals surface area (Å²) in [5.41, 5.74) is 4.23. The number of aromatic nitrogens is 5. The smallest absolute Gasteiger partial charge is 0.257 e. The van der Waals surface area contributed by atoms with Crippen molar-refractivity contribution in [2.75, 3.05) is 23.3 Å². The van der Waals surface area contributed by atoms with E-state index < -0.39 is 5.82 Å². The van der Waals surface area contributed by atoms with Crippen LogP contribution < -0.4 is 15.5 Å². The number of carbonyl (C=O) groups excluding carboxylic acids is 1. The van der Waals surface area contributed by atoms with Crippen molar-refractivity contribution in [3.05, 3.63) is 59.7 Å². The molecule has 1 aliphatic rings. The van der Waals surface area contributed by atoms with Gasteiger partial charge in [0.25, 0.3) is 5.91 Å². The molecule has 0 aliphatic carbocycles. The van der Waals surface area contributed by atoms with E-state index in [4.69, 9.17) is 4.98 Å². The number of rotatable bonds is 4. The lowest BCUT2D eigenvalue weighted by atomic mass is 10.0. The van der Waals surface area contributed by atoms with Gasteiger partial charge >= 0.3 is 0 Å². The molecule has 2 N–H and O–H groups in total. The Hall–Kier alpha value is -3.96. The number of nitrogens with zero attached hydrogens (tertiary/aromatic N) is 6. The molecule has 3 aromatic heterocycles. The van der Waals surface area contributed by atoms with Crippen molar-refractivity contribution in [2.45, 2.75) is 25.9 Å². The van der Waals surface area contributed by atoms with Crippen molar-refractivity contribution in [1.82, 2.24) is 30.0 Å². The summed E-state index contributed by atoms with van der Waals surface area (Å²) >= 11 is 1.43. The summed E-state index contributed by atoms with van der Waals surface area (Å²) in [6.07, 6.45) is 5.20. The van der Waals surface area contributed by atoms with Crippen molar-refractivity contribution in [3.8, 4) is 10.7 Å². The zero-order valence-electron chi connectivity index (χ0n) is 20.6. The average molecular weight is 517 g/mol. The van der Waals surface area contributed by atoms with Gasteiger partial charge in [0.2, 0.25) is 0 Å². The molecule has 37 heavy (non-hydrogen) atoms. The molecule has 9 nitrogen and oxygen atoms in total. The van der Waals surface area contributed by atoms with Gasteiger partial charge in [-0.05, 0) is 38.1 Å². The van der Waals surface area contributed by atoms with Gasteiger partial charge in [0.1, 0.15) is 5.52 Å². The summed E-state index contributed by atoms with van der Waals surface area (Å²) in [6, 6.07) is 7.36. The Labute approximate surface area is 216 Å². The molecule has 1 fully saturated rings. The third-order valence-electron chi connectivity index (χ3n) is 6.46. The van der Waals surface area contributed by atoms with Crippen molar-refractivity contribution >= 4 is 50.4 Å². The van der Waals surface area contributed by atoms with Gasteiger partial charge in [0.15, 0.2) is 11.6 Å². The van der Waals surface area contributed by atoms with Crippen LogP contribution in [-0.2, 0) is 7.05 Å². The summed E-state index contributed by atoms with van der Waals surface area (Å²) < 4.78 is 16.2. The Balaban J connectivity index is 1.43. The molecule has 0 bridgehead atoms. The number of hydrogen-bond donors (Lipinski definition) is 2. The van der Waals surface area contributed by atoms with Crippen LogP contribution in [0, 0.1) is 5.82 Å². The molecule has 6 rings (SSSR count). The molecule has 5 aromatic rings. The predicted molar refractivity (Wildman–Crippen MR) is 144 cm³/mol. The lowest BCUT2D eigenvalue weighted by molar-refractivity contribution is 0.102. The van der Waals surface area contributed by atoms with E-state index in [2.05, 4.69) is 44.4 Å². The van der Waals surface area contributed by atoms with E-state index in [9.17, 15) is 9.18 Å². The number of nitrogens with one attached hydrogen (secondary N) is 2. The van der Waals surface area contributed by atoms with E-state index in [0.29, 0.717) is 40.1 Å². The Kier molecular flexibility index (Phi) is 5.81. The van der Waals surface area contributed by atoms with E-state index in [1.165, 1.54) is 17.4 Å². The van der Waals surface area contributed by atoms with Gasteiger partial charge in [-0.2, -0.15) is 5.10 Å². The minimum absolute atomic E-state index is 0.261. The molecule has 1 aliphatic heterocycles. The Morgan fingerprint density at radius 3 is 2.73 bits per heavy atom. The summed E-state index contributed by atoms with van der Waals surface area (Å²) in [5, 5.41) is 11.9. The molecule has 2 aromatic carbocycles. The third kappa shape index (κ3) is 4.40. The monoisotopic (exact) mass is 516 g/mol. The predicted octanol–water partition coefficient (Wildman–Crippen LogP) is 4.22. The van der Waals surface area contributed by atoms with E-state index in [1.54, 1.807) is 48.0 Å². The van der Waals surface area contributed by atoms with Gasteiger partial charge in [-0.1, -0.05) is 0 Å². The van der Waals surface area contributed by atoms with Crippen LogP contribution in [0.2, 0.25) is 0 Å². The minimum Gasteiger partial charge on any atom is -0.368 e. The summed E-state index contributed by atoms with van der Waals surface area (Å²) in [7, 11) is 1.73. The number of piperazine rings is 1. The van der Waals surface area contributed by atoms with Crippen molar-refractivity contribution in [3.63, 3.8) is 0 Å². The second-order valence-corrected chi connectivity index (χ2v) is 10.4. The van der Waals surface area contributed by atoms with Crippen molar-refractivity contribution < 1.29 is 9.18 Å². The van der Waals surface area contributed by atoms with Gasteiger partial charge in [0.05, 0.1) is 21.5 Å². The van der Waals surface area contributed by atoms with Crippen molar-refractivity contribution in [2.24, 2.45) is 7.05 Å². The zero-order valence-corrected chi connectivity index (χ0v) is 21.4. The van der Waals surface area contributed by atoms with E-state index in [1.807, 2.05) is 6.07 Å². The standard InChI is InChI=1S/C26H25FN8OS/c1-14-10-35(11-15(2)30-14)21-5-4-18(24-19(21)8-29-25(32-24)22-9-28-13-37-22)26(36)31-17-6-16-12-34(3)33-23(16)20(27)7-17/h4-9,12-15,30H,10-11H2,1-3H3,(H,31,36)/t14-,15-/m0/s1. The van der Waals surface area contributed by atoms with Crippen LogP contribution in [0.1, 0.15) is 24.2 Å². The van der Waals surface area contributed by atoms with E-state index in [-0.39, 0.29) is 11.4 Å². The minimum atomic E-state index is -0.495. The summed E-state index contributed by atoms with van der Waals surface area (Å²) in [6.45, 7) is 5.96. The van der Waals surface area contributed by atoms with Gasteiger partial charge in [0, 0.05) is 73.0 Å². The zero-order chi connectivity index (χ0) is 25.7. The highest BCUT2D eigenvalue weighted by Crippen LogP contribution is 2.32. The third-order valence-corrected chi connectivity index (χ3v) is 7.23. The first-order valence-electron chi connectivity index (χ1n) is 12.0. The molecule has 4 heterocycles. The van der Waals surface area contributed by atoms with Gasteiger partial charge in [-0.3, -0.25) is 14.5 Å². The number of halogens is 1.